The third kappa shape index (κ3) is 2.01. The lowest BCUT2D eigenvalue weighted by atomic mass is 10.0. The summed E-state index contributed by atoms with van der Waals surface area (Å²) in [5.74, 6) is -0.626. The van der Waals surface area contributed by atoms with Crippen LogP contribution in [0.1, 0.15) is 6.42 Å². The van der Waals surface area contributed by atoms with E-state index in [1.54, 1.807) is 0 Å². The van der Waals surface area contributed by atoms with E-state index in [0.29, 0.717) is 13.2 Å². The molecule has 4 heteroatoms. The Kier molecular flexibility index (Phi) is 2.59. The van der Waals surface area contributed by atoms with Gasteiger partial charge >= 0.3 is 5.97 Å². The van der Waals surface area contributed by atoms with Crippen LogP contribution in [0.2, 0.25) is 0 Å². The number of hydrogen-bond donors (Lipinski definition) is 0. The molecular weight excluding hydrogens is 148 g/mol. The van der Waals surface area contributed by atoms with Crippen LogP contribution in [0.4, 0.5) is 0 Å². The molecule has 0 amide bonds. The molecule has 0 radical (unpaired) electrons. The molecule has 1 aliphatic rings. The van der Waals surface area contributed by atoms with Gasteiger partial charge in [0.15, 0.2) is 5.78 Å². The first-order valence-electron chi connectivity index (χ1n) is 3.41. The molecule has 1 heterocycles. The van der Waals surface area contributed by atoms with Crippen molar-refractivity contribution < 1.29 is 19.1 Å². The first kappa shape index (κ1) is 8.20. The van der Waals surface area contributed by atoms with Gasteiger partial charge in [0.05, 0.1) is 26.2 Å². The normalized spacial score (nSPS) is 17.2. The van der Waals surface area contributed by atoms with Crippen molar-refractivity contribution in [3.63, 3.8) is 0 Å². The molecule has 1 rings (SSSR count). The standard InChI is InChI=1S/C7H10O4/c1-10-7(9)2-6(8)5-3-11-4-5/h5H,2-4H2,1H3. The average Bonchev–Trinajstić information content (AvgIpc) is 1.83. The van der Waals surface area contributed by atoms with Crippen LogP contribution in [0.3, 0.4) is 0 Å². The van der Waals surface area contributed by atoms with Crippen LogP contribution >= 0.6 is 0 Å². The van der Waals surface area contributed by atoms with Gasteiger partial charge in [-0.3, -0.25) is 9.59 Å². The number of hydrogen-bond acceptors (Lipinski definition) is 4. The van der Waals surface area contributed by atoms with Crippen LogP contribution in [0, 0.1) is 5.92 Å². The number of ketones is 1. The molecule has 0 aromatic carbocycles. The lowest BCUT2D eigenvalue weighted by Gasteiger charge is -2.23. The van der Waals surface area contributed by atoms with E-state index in [-0.39, 0.29) is 18.1 Å². The second-order valence-electron chi connectivity index (χ2n) is 2.45. The van der Waals surface area contributed by atoms with E-state index in [9.17, 15) is 9.59 Å². The molecule has 4 nitrogen and oxygen atoms in total. The van der Waals surface area contributed by atoms with Crippen molar-refractivity contribution in [1.29, 1.82) is 0 Å². The van der Waals surface area contributed by atoms with E-state index in [4.69, 9.17) is 4.74 Å². The Hall–Kier alpha value is -0.900. The number of ether oxygens (including phenoxy) is 2. The minimum atomic E-state index is -0.470. The Morgan fingerprint density at radius 3 is 2.55 bits per heavy atom. The van der Waals surface area contributed by atoms with Crippen LogP contribution < -0.4 is 0 Å². The number of esters is 1. The number of methoxy groups -OCH3 is 1. The number of rotatable bonds is 3. The van der Waals surface area contributed by atoms with E-state index in [2.05, 4.69) is 4.74 Å². The van der Waals surface area contributed by atoms with E-state index in [1.807, 2.05) is 0 Å². The summed E-state index contributed by atoms with van der Waals surface area (Å²) in [5.41, 5.74) is 0. The molecule has 0 saturated carbocycles. The molecule has 0 N–H and O–H groups in total. The van der Waals surface area contributed by atoms with Gasteiger partial charge in [0.2, 0.25) is 0 Å². The Morgan fingerprint density at radius 1 is 1.55 bits per heavy atom. The van der Waals surface area contributed by atoms with Crippen LogP contribution in [0.25, 0.3) is 0 Å². The molecule has 0 atom stereocenters. The van der Waals surface area contributed by atoms with Gasteiger partial charge < -0.3 is 9.47 Å². The van der Waals surface area contributed by atoms with Crippen LogP contribution in [-0.2, 0) is 19.1 Å². The molecule has 1 aliphatic heterocycles. The molecule has 0 aromatic rings. The second kappa shape index (κ2) is 3.48. The average molecular weight is 158 g/mol. The van der Waals surface area contributed by atoms with Crippen LogP contribution in [0.15, 0.2) is 0 Å². The zero-order valence-corrected chi connectivity index (χ0v) is 6.33. The number of carbonyl (C=O) groups is 2. The topological polar surface area (TPSA) is 52.6 Å². The highest BCUT2D eigenvalue weighted by atomic mass is 16.5. The van der Waals surface area contributed by atoms with Crippen molar-refractivity contribution >= 4 is 11.8 Å². The zero-order chi connectivity index (χ0) is 8.27. The predicted molar refractivity (Wildman–Crippen MR) is 35.9 cm³/mol. The Balaban J connectivity index is 2.25. The van der Waals surface area contributed by atoms with Crippen molar-refractivity contribution in [2.45, 2.75) is 6.42 Å². The first-order chi connectivity index (χ1) is 5.24. The van der Waals surface area contributed by atoms with Gasteiger partial charge in [0, 0.05) is 0 Å². The molecule has 0 bridgehead atoms. The maximum atomic E-state index is 11.0. The molecule has 0 aliphatic carbocycles. The smallest absolute Gasteiger partial charge is 0.313 e. The third-order valence-electron chi connectivity index (χ3n) is 1.64. The highest BCUT2D eigenvalue weighted by Crippen LogP contribution is 2.12. The van der Waals surface area contributed by atoms with Crippen molar-refractivity contribution in [2.24, 2.45) is 5.92 Å². The summed E-state index contributed by atoms with van der Waals surface area (Å²) < 4.78 is 9.14. The molecule has 0 unspecified atom stereocenters. The minimum absolute atomic E-state index is 0.0749. The number of carbonyl (C=O) groups excluding carboxylic acids is 2. The zero-order valence-electron chi connectivity index (χ0n) is 6.33. The monoisotopic (exact) mass is 158 g/mol. The fourth-order valence-electron chi connectivity index (χ4n) is 0.780. The molecular formula is C7H10O4. The predicted octanol–water partition coefficient (Wildman–Crippen LogP) is -0.235. The maximum absolute atomic E-state index is 11.0. The molecule has 1 fully saturated rings. The molecule has 0 aromatic heterocycles. The van der Waals surface area contributed by atoms with E-state index in [0.717, 1.165) is 0 Å². The van der Waals surface area contributed by atoms with Crippen LogP contribution in [-0.4, -0.2) is 32.1 Å². The van der Waals surface area contributed by atoms with Gasteiger partial charge in [-0.2, -0.15) is 0 Å². The van der Waals surface area contributed by atoms with E-state index < -0.39 is 5.97 Å². The van der Waals surface area contributed by atoms with E-state index >= 15 is 0 Å². The first-order valence-corrected chi connectivity index (χ1v) is 3.41. The molecule has 1 saturated heterocycles. The number of Topliss-reactive ketones (excluding diaryl/α,β-unsaturated/α-hetero) is 1. The van der Waals surface area contributed by atoms with E-state index in [1.165, 1.54) is 7.11 Å². The Labute approximate surface area is 64.5 Å². The summed E-state index contributed by atoms with van der Waals surface area (Å²) in [5, 5.41) is 0. The largest absolute Gasteiger partial charge is 0.469 e. The summed E-state index contributed by atoms with van der Waals surface area (Å²) in [6.45, 7) is 0.908. The SMILES string of the molecule is COC(=O)CC(=O)C1COC1. The van der Waals surface area contributed by atoms with Crippen molar-refractivity contribution in [3.05, 3.63) is 0 Å². The fraction of sp³-hybridized carbons (Fsp3) is 0.714. The summed E-state index contributed by atoms with van der Waals surface area (Å²) >= 11 is 0. The molecule has 11 heavy (non-hydrogen) atoms. The highest BCUT2D eigenvalue weighted by molar-refractivity contribution is 5.97. The van der Waals surface area contributed by atoms with Crippen molar-refractivity contribution in [3.8, 4) is 0 Å². The minimum Gasteiger partial charge on any atom is -0.469 e. The van der Waals surface area contributed by atoms with Crippen molar-refractivity contribution in [1.82, 2.24) is 0 Å². The van der Waals surface area contributed by atoms with Gasteiger partial charge in [-0.15, -0.1) is 0 Å². The van der Waals surface area contributed by atoms with Gasteiger partial charge in [-0.25, -0.2) is 0 Å². The van der Waals surface area contributed by atoms with Gasteiger partial charge in [0.1, 0.15) is 6.42 Å². The van der Waals surface area contributed by atoms with Gasteiger partial charge in [-0.1, -0.05) is 0 Å². The van der Waals surface area contributed by atoms with Gasteiger partial charge in [-0.05, 0) is 0 Å². The highest BCUT2D eigenvalue weighted by Gasteiger charge is 2.27. The summed E-state index contributed by atoms with van der Waals surface area (Å²) in [6, 6.07) is 0. The molecule has 62 valence electrons. The van der Waals surface area contributed by atoms with Crippen LogP contribution in [0.5, 0.6) is 0 Å². The van der Waals surface area contributed by atoms with Gasteiger partial charge in [0.25, 0.3) is 0 Å². The quantitative estimate of drug-likeness (QED) is 0.420. The summed E-state index contributed by atoms with van der Waals surface area (Å²) in [6.07, 6.45) is -0.121. The van der Waals surface area contributed by atoms with Crippen molar-refractivity contribution in [2.75, 3.05) is 20.3 Å². The third-order valence-corrected chi connectivity index (χ3v) is 1.64. The summed E-state index contributed by atoms with van der Waals surface area (Å²) in [4.78, 5) is 21.6. The Morgan fingerprint density at radius 2 is 2.18 bits per heavy atom. The summed E-state index contributed by atoms with van der Waals surface area (Å²) in [7, 11) is 1.27. The molecule has 0 spiro atoms. The fourth-order valence-corrected chi connectivity index (χ4v) is 0.780. The maximum Gasteiger partial charge on any atom is 0.313 e. The Bertz CT molecular complexity index is 171. The second-order valence-corrected chi connectivity index (χ2v) is 2.45. The lowest BCUT2D eigenvalue weighted by Crippen LogP contribution is -2.35. The lowest BCUT2D eigenvalue weighted by molar-refractivity contribution is -0.148.